The largest absolute Gasteiger partial charge is 0.461 e. The van der Waals surface area contributed by atoms with Crippen molar-refractivity contribution in [3.63, 3.8) is 0 Å². The lowest BCUT2D eigenvalue weighted by Gasteiger charge is -2.04. The first-order valence-electron chi connectivity index (χ1n) is 6.21. The van der Waals surface area contributed by atoms with E-state index in [1.165, 1.54) is 0 Å². The molecule has 0 bridgehead atoms. The van der Waals surface area contributed by atoms with Crippen LogP contribution in [0.2, 0.25) is 0 Å². The molecule has 0 aliphatic heterocycles. The van der Waals surface area contributed by atoms with Crippen LogP contribution in [0.3, 0.4) is 0 Å². The van der Waals surface area contributed by atoms with E-state index in [9.17, 15) is 4.79 Å². The highest BCUT2D eigenvalue weighted by Crippen LogP contribution is 2.36. The first kappa shape index (κ1) is 12.8. The number of benzene rings is 1. The molecule has 1 aliphatic rings. The quantitative estimate of drug-likeness (QED) is 0.548. The summed E-state index contributed by atoms with van der Waals surface area (Å²) in [6.07, 6.45) is 3.35. The van der Waals surface area contributed by atoms with Crippen molar-refractivity contribution >= 4 is 5.97 Å². The lowest BCUT2D eigenvalue weighted by molar-refractivity contribution is -0.145. The van der Waals surface area contributed by atoms with E-state index in [1.54, 1.807) is 6.08 Å². The van der Waals surface area contributed by atoms with E-state index >= 15 is 0 Å². The Morgan fingerprint density at radius 2 is 2.17 bits per heavy atom. The summed E-state index contributed by atoms with van der Waals surface area (Å²) in [5, 5.41) is 0. The van der Waals surface area contributed by atoms with Crippen LogP contribution in [0.15, 0.2) is 43.0 Å². The molecule has 1 aliphatic carbocycles. The first-order chi connectivity index (χ1) is 8.79. The van der Waals surface area contributed by atoms with Gasteiger partial charge in [-0.25, -0.2) is 0 Å². The van der Waals surface area contributed by atoms with Crippen LogP contribution in [0.1, 0.15) is 18.4 Å². The lowest BCUT2D eigenvalue weighted by atomic mass is 10.2. The SMILES string of the molecule is C=CCO[C@H]1C[C@@H]1CC(=O)OCc1ccccc1. The molecular weight excluding hydrogens is 228 g/mol. The van der Waals surface area contributed by atoms with Gasteiger partial charge in [-0.1, -0.05) is 36.4 Å². The second-order valence-electron chi connectivity index (χ2n) is 4.51. The Kier molecular flexibility index (Phi) is 4.53. The number of esters is 1. The van der Waals surface area contributed by atoms with Crippen LogP contribution in [0.5, 0.6) is 0 Å². The molecule has 96 valence electrons. The van der Waals surface area contributed by atoms with E-state index in [-0.39, 0.29) is 12.1 Å². The number of carbonyl (C=O) groups is 1. The van der Waals surface area contributed by atoms with Crippen LogP contribution in [-0.4, -0.2) is 18.7 Å². The molecule has 0 saturated heterocycles. The van der Waals surface area contributed by atoms with Crippen LogP contribution in [-0.2, 0) is 20.9 Å². The zero-order chi connectivity index (χ0) is 12.8. The molecule has 18 heavy (non-hydrogen) atoms. The van der Waals surface area contributed by atoms with Gasteiger partial charge in [0, 0.05) is 0 Å². The van der Waals surface area contributed by atoms with Gasteiger partial charge in [0.25, 0.3) is 0 Å². The van der Waals surface area contributed by atoms with E-state index in [0.29, 0.717) is 25.6 Å². The molecule has 1 saturated carbocycles. The maximum absolute atomic E-state index is 11.6. The van der Waals surface area contributed by atoms with E-state index < -0.39 is 0 Å². The zero-order valence-corrected chi connectivity index (χ0v) is 10.4. The summed E-state index contributed by atoms with van der Waals surface area (Å²) in [5.74, 6) is 0.182. The maximum Gasteiger partial charge on any atom is 0.306 e. The third-order valence-electron chi connectivity index (χ3n) is 2.96. The van der Waals surface area contributed by atoms with Crippen molar-refractivity contribution in [1.29, 1.82) is 0 Å². The van der Waals surface area contributed by atoms with Crippen LogP contribution in [0.25, 0.3) is 0 Å². The number of hydrogen-bond donors (Lipinski definition) is 0. The highest BCUT2D eigenvalue weighted by Gasteiger charge is 2.39. The topological polar surface area (TPSA) is 35.5 Å². The second kappa shape index (κ2) is 6.36. The van der Waals surface area contributed by atoms with Crippen molar-refractivity contribution in [1.82, 2.24) is 0 Å². The lowest BCUT2D eigenvalue weighted by Crippen LogP contribution is -2.07. The average molecular weight is 246 g/mol. The van der Waals surface area contributed by atoms with Crippen LogP contribution in [0, 0.1) is 5.92 Å². The third-order valence-corrected chi connectivity index (χ3v) is 2.96. The molecule has 0 spiro atoms. The van der Waals surface area contributed by atoms with Gasteiger partial charge in [0.15, 0.2) is 0 Å². The molecular formula is C15H18O3. The molecule has 0 heterocycles. The van der Waals surface area contributed by atoms with E-state index in [0.717, 1.165) is 12.0 Å². The van der Waals surface area contributed by atoms with Crippen molar-refractivity contribution in [2.24, 2.45) is 5.92 Å². The monoisotopic (exact) mass is 246 g/mol. The van der Waals surface area contributed by atoms with Crippen molar-refractivity contribution < 1.29 is 14.3 Å². The molecule has 1 fully saturated rings. The standard InChI is InChI=1S/C15H18O3/c1-2-8-17-14-9-13(14)10-15(16)18-11-12-6-4-3-5-7-12/h2-7,13-14H,1,8-11H2/t13-,14+/m1/s1. The van der Waals surface area contributed by atoms with Crippen molar-refractivity contribution in [3.8, 4) is 0 Å². The molecule has 1 aromatic carbocycles. The van der Waals surface area contributed by atoms with E-state index in [4.69, 9.17) is 9.47 Å². The molecule has 0 radical (unpaired) electrons. The molecule has 3 heteroatoms. The van der Waals surface area contributed by atoms with E-state index in [1.807, 2.05) is 30.3 Å². The minimum absolute atomic E-state index is 0.145. The predicted octanol–water partition coefficient (Wildman–Crippen LogP) is 2.71. The summed E-state index contributed by atoms with van der Waals surface area (Å²) in [6.45, 7) is 4.50. The smallest absolute Gasteiger partial charge is 0.306 e. The first-order valence-corrected chi connectivity index (χ1v) is 6.21. The predicted molar refractivity (Wildman–Crippen MR) is 68.9 cm³/mol. The van der Waals surface area contributed by atoms with Gasteiger partial charge in [-0.05, 0) is 17.9 Å². The fraction of sp³-hybridized carbons (Fsp3) is 0.400. The fourth-order valence-electron chi connectivity index (χ4n) is 1.84. The Hall–Kier alpha value is -1.61. The van der Waals surface area contributed by atoms with Crippen molar-refractivity contribution in [2.45, 2.75) is 25.6 Å². The molecule has 0 amide bonds. The van der Waals surface area contributed by atoms with Crippen molar-refractivity contribution in [2.75, 3.05) is 6.61 Å². The molecule has 3 nitrogen and oxygen atoms in total. The summed E-state index contributed by atoms with van der Waals surface area (Å²) in [7, 11) is 0. The van der Waals surface area contributed by atoms with Crippen LogP contribution in [0.4, 0.5) is 0 Å². The van der Waals surface area contributed by atoms with Crippen LogP contribution >= 0.6 is 0 Å². The number of rotatable bonds is 7. The fourth-order valence-corrected chi connectivity index (χ4v) is 1.84. The van der Waals surface area contributed by atoms with Gasteiger partial charge in [0.2, 0.25) is 0 Å². The van der Waals surface area contributed by atoms with Gasteiger partial charge in [0.1, 0.15) is 6.61 Å². The van der Waals surface area contributed by atoms with Gasteiger partial charge < -0.3 is 9.47 Å². The molecule has 0 N–H and O–H groups in total. The minimum Gasteiger partial charge on any atom is -0.461 e. The second-order valence-corrected chi connectivity index (χ2v) is 4.51. The van der Waals surface area contributed by atoms with Gasteiger partial charge in [0.05, 0.1) is 19.1 Å². The van der Waals surface area contributed by atoms with Crippen LogP contribution < -0.4 is 0 Å². The Morgan fingerprint density at radius 1 is 1.39 bits per heavy atom. The van der Waals surface area contributed by atoms with Gasteiger partial charge in [-0.2, -0.15) is 0 Å². The Labute approximate surface area is 107 Å². The Bertz CT molecular complexity index is 399. The molecule has 1 aromatic rings. The van der Waals surface area contributed by atoms with E-state index in [2.05, 4.69) is 6.58 Å². The number of carbonyl (C=O) groups excluding carboxylic acids is 1. The highest BCUT2D eigenvalue weighted by atomic mass is 16.5. The molecule has 0 unspecified atom stereocenters. The maximum atomic E-state index is 11.6. The highest BCUT2D eigenvalue weighted by molar-refractivity contribution is 5.70. The minimum atomic E-state index is -0.145. The van der Waals surface area contributed by atoms with Gasteiger partial charge in [-0.15, -0.1) is 6.58 Å². The Morgan fingerprint density at radius 3 is 2.89 bits per heavy atom. The summed E-state index contributed by atoms with van der Waals surface area (Å²) in [4.78, 5) is 11.6. The van der Waals surface area contributed by atoms with Gasteiger partial charge in [-0.3, -0.25) is 4.79 Å². The number of ether oxygens (including phenoxy) is 2. The average Bonchev–Trinajstić information content (AvgIpc) is 3.13. The molecule has 0 aromatic heterocycles. The third kappa shape index (κ3) is 4.00. The number of hydrogen-bond acceptors (Lipinski definition) is 3. The summed E-state index contributed by atoms with van der Waals surface area (Å²) < 4.78 is 10.7. The molecule has 2 atom stereocenters. The summed E-state index contributed by atoms with van der Waals surface area (Å²) in [5.41, 5.74) is 1.01. The van der Waals surface area contributed by atoms with Gasteiger partial charge >= 0.3 is 5.97 Å². The Balaban J connectivity index is 1.63. The zero-order valence-electron chi connectivity index (χ0n) is 10.4. The normalized spacial score (nSPS) is 21.3. The molecule has 2 rings (SSSR count). The van der Waals surface area contributed by atoms with Crippen molar-refractivity contribution in [3.05, 3.63) is 48.6 Å². The summed E-state index contributed by atoms with van der Waals surface area (Å²) in [6, 6.07) is 9.70. The summed E-state index contributed by atoms with van der Waals surface area (Å²) >= 11 is 0.